The van der Waals surface area contributed by atoms with E-state index in [2.05, 4.69) is 47.4 Å². The highest BCUT2D eigenvalue weighted by molar-refractivity contribution is 5.76. The molecule has 1 aromatic rings. The Balaban J connectivity index is 1.99. The molecule has 0 saturated carbocycles. The van der Waals surface area contributed by atoms with Gasteiger partial charge in [0, 0.05) is 25.2 Å². The molecular weight excluding hydrogens is 226 g/mol. The first-order chi connectivity index (χ1) is 8.69. The number of amides is 1. The summed E-state index contributed by atoms with van der Waals surface area (Å²) in [7, 11) is 1.90. The van der Waals surface area contributed by atoms with Gasteiger partial charge in [0.05, 0.1) is 0 Å². The molecular formula is C14H19N3O. The maximum atomic E-state index is 11.2. The maximum Gasteiger partial charge on any atom is 0.234 e. The van der Waals surface area contributed by atoms with Crippen LogP contribution in [-0.4, -0.2) is 19.0 Å². The third-order valence-corrected chi connectivity index (χ3v) is 3.19. The molecule has 0 aromatic heterocycles. The maximum absolute atomic E-state index is 11.2. The van der Waals surface area contributed by atoms with Gasteiger partial charge in [0.15, 0.2) is 0 Å². The number of carbonyl (C=O) groups excluding carboxylic acids is 1. The highest BCUT2D eigenvalue weighted by Crippen LogP contribution is 2.15. The average molecular weight is 245 g/mol. The number of anilines is 1. The molecule has 96 valence electrons. The lowest BCUT2D eigenvalue weighted by atomic mass is 9.96. The molecule has 1 heterocycles. The molecule has 0 bridgehead atoms. The predicted octanol–water partition coefficient (Wildman–Crippen LogP) is 1.77. The molecule has 1 aliphatic rings. The van der Waals surface area contributed by atoms with E-state index in [9.17, 15) is 4.79 Å². The van der Waals surface area contributed by atoms with Crippen molar-refractivity contribution in [1.29, 1.82) is 0 Å². The van der Waals surface area contributed by atoms with Crippen LogP contribution in [0.5, 0.6) is 0 Å². The van der Waals surface area contributed by atoms with E-state index < -0.39 is 0 Å². The number of hydrazine groups is 1. The van der Waals surface area contributed by atoms with Crippen molar-refractivity contribution in [2.75, 3.05) is 12.4 Å². The molecule has 0 radical (unpaired) electrons. The molecule has 4 heteroatoms. The van der Waals surface area contributed by atoms with Gasteiger partial charge in [-0.25, -0.2) is 5.43 Å². The second-order valence-electron chi connectivity index (χ2n) is 4.63. The van der Waals surface area contributed by atoms with E-state index in [0.717, 1.165) is 11.3 Å². The molecule has 3 N–H and O–H groups in total. The highest BCUT2D eigenvalue weighted by Gasteiger charge is 2.22. The lowest BCUT2D eigenvalue weighted by Gasteiger charge is -2.27. The summed E-state index contributed by atoms with van der Waals surface area (Å²) in [5.41, 5.74) is 7.93. The van der Waals surface area contributed by atoms with Crippen molar-refractivity contribution >= 4 is 17.7 Å². The SMILES string of the molecule is CNc1ccc(/C=C/C2NNC(=O)CC2C)cc1. The van der Waals surface area contributed by atoms with Gasteiger partial charge in [0.25, 0.3) is 0 Å². The van der Waals surface area contributed by atoms with Crippen molar-refractivity contribution in [3.05, 3.63) is 35.9 Å². The van der Waals surface area contributed by atoms with Crippen LogP contribution in [0.2, 0.25) is 0 Å². The Morgan fingerprint density at radius 3 is 2.67 bits per heavy atom. The summed E-state index contributed by atoms with van der Waals surface area (Å²) in [4.78, 5) is 11.2. The second-order valence-corrected chi connectivity index (χ2v) is 4.63. The molecule has 0 spiro atoms. The van der Waals surface area contributed by atoms with Crippen LogP contribution in [0.15, 0.2) is 30.3 Å². The zero-order valence-electron chi connectivity index (χ0n) is 10.7. The van der Waals surface area contributed by atoms with Crippen LogP contribution in [0.1, 0.15) is 18.9 Å². The molecule has 1 aliphatic heterocycles. The monoisotopic (exact) mass is 245 g/mol. The largest absolute Gasteiger partial charge is 0.388 e. The second kappa shape index (κ2) is 5.69. The Bertz CT molecular complexity index is 439. The smallest absolute Gasteiger partial charge is 0.234 e. The third-order valence-electron chi connectivity index (χ3n) is 3.19. The number of hydrogen-bond acceptors (Lipinski definition) is 3. The zero-order chi connectivity index (χ0) is 13.0. The lowest BCUT2D eigenvalue weighted by Crippen LogP contribution is -2.52. The van der Waals surface area contributed by atoms with Crippen LogP contribution in [-0.2, 0) is 4.79 Å². The Kier molecular flexibility index (Phi) is 3.99. The number of hydrogen-bond donors (Lipinski definition) is 3. The zero-order valence-corrected chi connectivity index (χ0v) is 10.7. The van der Waals surface area contributed by atoms with E-state index in [1.54, 1.807) is 0 Å². The summed E-state index contributed by atoms with van der Waals surface area (Å²) in [6.45, 7) is 2.07. The van der Waals surface area contributed by atoms with Gasteiger partial charge >= 0.3 is 0 Å². The summed E-state index contributed by atoms with van der Waals surface area (Å²) >= 11 is 0. The van der Waals surface area contributed by atoms with E-state index in [4.69, 9.17) is 0 Å². The molecule has 1 saturated heterocycles. The van der Waals surface area contributed by atoms with E-state index in [1.807, 2.05) is 19.2 Å². The van der Waals surface area contributed by atoms with Crippen molar-refractivity contribution in [2.24, 2.45) is 5.92 Å². The van der Waals surface area contributed by atoms with Gasteiger partial charge in [-0.1, -0.05) is 31.2 Å². The summed E-state index contributed by atoms with van der Waals surface area (Å²) in [6.07, 6.45) is 4.74. The van der Waals surface area contributed by atoms with Crippen LogP contribution in [0.4, 0.5) is 5.69 Å². The number of benzene rings is 1. The first kappa shape index (κ1) is 12.6. The van der Waals surface area contributed by atoms with E-state index in [-0.39, 0.29) is 11.9 Å². The summed E-state index contributed by atoms with van der Waals surface area (Å²) in [6, 6.07) is 8.40. The Morgan fingerprint density at radius 2 is 2.06 bits per heavy atom. The molecule has 0 aliphatic carbocycles. The Hall–Kier alpha value is -1.81. The van der Waals surface area contributed by atoms with Crippen LogP contribution < -0.4 is 16.2 Å². The van der Waals surface area contributed by atoms with Gasteiger partial charge < -0.3 is 5.32 Å². The normalized spacial score (nSPS) is 24.0. The minimum atomic E-state index is 0.0607. The van der Waals surface area contributed by atoms with Gasteiger partial charge in [-0.15, -0.1) is 0 Å². The van der Waals surface area contributed by atoms with Crippen molar-refractivity contribution in [2.45, 2.75) is 19.4 Å². The summed E-state index contributed by atoms with van der Waals surface area (Å²) in [5, 5.41) is 3.09. The van der Waals surface area contributed by atoms with E-state index in [1.165, 1.54) is 0 Å². The quantitative estimate of drug-likeness (QED) is 0.760. The average Bonchev–Trinajstić information content (AvgIpc) is 2.38. The predicted molar refractivity (Wildman–Crippen MR) is 73.9 cm³/mol. The fourth-order valence-corrected chi connectivity index (χ4v) is 1.99. The van der Waals surface area contributed by atoms with Gasteiger partial charge in [-0.3, -0.25) is 10.2 Å². The molecule has 2 unspecified atom stereocenters. The molecule has 1 fully saturated rings. The first-order valence-corrected chi connectivity index (χ1v) is 6.19. The molecule has 18 heavy (non-hydrogen) atoms. The fourth-order valence-electron chi connectivity index (χ4n) is 1.99. The minimum Gasteiger partial charge on any atom is -0.388 e. The summed E-state index contributed by atoms with van der Waals surface area (Å²) in [5.74, 6) is 0.372. The number of rotatable bonds is 3. The van der Waals surface area contributed by atoms with Crippen LogP contribution in [0, 0.1) is 5.92 Å². The number of carbonyl (C=O) groups is 1. The Labute approximate surface area is 107 Å². The number of nitrogens with one attached hydrogen (secondary N) is 3. The first-order valence-electron chi connectivity index (χ1n) is 6.19. The van der Waals surface area contributed by atoms with Gasteiger partial charge in [0.1, 0.15) is 0 Å². The van der Waals surface area contributed by atoms with Gasteiger partial charge in [0.2, 0.25) is 5.91 Å². The summed E-state index contributed by atoms with van der Waals surface area (Å²) < 4.78 is 0. The van der Waals surface area contributed by atoms with Crippen molar-refractivity contribution in [3.63, 3.8) is 0 Å². The lowest BCUT2D eigenvalue weighted by molar-refractivity contribution is -0.125. The van der Waals surface area contributed by atoms with Crippen LogP contribution in [0.25, 0.3) is 6.08 Å². The molecule has 1 amide bonds. The van der Waals surface area contributed by atoms with Crippen molar-refractivity contribution in [1.82, 2.24) is 10.9 Å². The van der Waals surface area contributed by atoms with E-state index >= 15 is 0 Å². The Morgan fingerprint density at radius 1 is 1.33 bits per heavy atom. The highest BCUT2D eigenvalue weighted by atomic mass is 16.2. The topological polar surface area (TPSA) is 53.2 Å². The van der Waals surface area contributed by atoms with Crippen LogP contribution in [0.3, 0.4) is 0 Å². The van der Waals surface area contributed by atoms with Gasteiger partial charge in [-0.2, -0.15) is 0 Å². The molecule has 2 rings (SSSR count). The fraction of sp³-hybridized carbons (Fsp3) is 0.357. The van der Waals surface area contributed by atoms with Gasteiger partial charge in [-0.05, 0) is 23.6 Å². The standard InChI is InChI=1S/C14H19N3O/c1-10-9-14(18)17-16-13(10)8-5-11-3-6-12(15-2)7-4-11/h3-8,10,13,15-16H,9H2,1-2H3,(H,17,18)/b8-5+. The van der Waals surface area contributed by atoms with Crippen LogP contribution >= 0.6 is 0 Å². The molecule has 2 atom stereocenters. The third kappa shape index (κ3) is 3.11. The van der Waals surface area contributed by atoms with E-state index in [0.29, 0.717) is 12.3 Å². The van der Waals surface area contributed by atoms with Crippen molar-refractivity contribution in [3.8, 4) is 0 Å². The molecule has 1 aromatic carbocycles. The minimum absolute atomic E-state index is 0.0607. The molecule has 4 nitrogen and oxygen atoms in total. The van der Waals surface area contributed by atoms with Crippen molar-refractivity contribution < 1.29 is 4.79 Å².